The molecule has 0 aromatic heterocycles. The molecule has 0 spiro atoms. The van der Waals surface area contributed by atoms with Gasteiger partial charge in [-0.3, -0.25) is 0 Å². The Kier molecular flexibility index (Phi) is 6.95. The van der Waals surface area contributed by atoms with Crippen molar-refractivity contribution < 1.29 is 0 Å². The minimum Gasteiger partial charge on any atom is -0.316 e. The Balaban J connectivity index is 2.60. The third-order valence-electron chi connectivity index (χ3n) is 3.24. The third-order valence-corrected chi connectivity index (χ3v) is 3.24. The Hall–Kier alpha value is -0.820. The zero-order chi connectivity index (χ0) is 12.5. The van der Waals surface area contributed by atoms with E-state index in [4.69, 9.17) is 0 Å². The van der Waals surface area contributed by atoms with Gasteiger partial charge < -0.3 is 5.32 Å². The van der Waals surface area contributed by atoms with Gasteiger partial charge in [0.25, 0.3) is 0 Å². The predicted octanol–water partition coefficient (Wildman–Crippen LogP) is 4.27. The van der Waals surface area contributed by atoms with Crippen LogP contribution in [0.5, 0.6) is 0 Å². The molecule has 96 valence electrons. The van der Waals surface area contributed by atoms with Gasteiger partial charge >= 0.3 is 0 Å². The summed E-state index contributed by atoms with van der Waals surface area (Å²) in [5.41, 5.74) is 2.88. The molecule has 0 amide bonds. The van der Waals surface area contributed by atoms with Crippen molar-refractivity contribution in [1.29, 1.82) is 0 Å². The SMILES string of the molecule is CCCCC(CNCCC)c1cccc(C)c1. The molecule has 1 N–H and O–H groups in total. The summed E-state index contributed by atoms with van der Waals surface area (Å²) in [6, 6.07) is 8.98. The molecule has 1 rings (SSSR count). The lowest BCUT2D eigenvalue weighted by molar-refractivity contribution is 0.528. The highest BCUT2D eigenvalue weighted by molar-refractivity contribution is 5.25. The first kappa shape index (κ1) is 14.2. The number of rotatable bonds is 8. The fraction of sp³-hybridized carbons (Fsp3) is 0.625. The van der Waals surface area contributed by atoms with E-state index >= 15 is 0 Å². The van der Waals surface area contributed by atoms with Crippen molar-refractivity contribution in [3.8, 4) is 0 Å². The van der Waals surface area contributed by atoms with E-state index in [-0.39, 0.29) is 0 Å². The summed E-state index contributed by atoms with van der Waals surface area (Å²) < 4.78 is 0. The fourth-order valence-electron chi connectivity index (χ4n) is 2.21. The number of hydrogen-bond donors (Lipinski definition) is 1. The number of hydrogen-bond acceptors (Lipinski definition) is 1. The van der Waals surface area contributed by atoms with Crippen LogP contribution in [-0.4, -0.2) is 13.1 Å². The second-order valence-corrected chi connectivity index (χ2v) is 4.96. The summed E-state index contributed by atoms with van der Waals surface area (Å²) >= 11 is 0. The highest BCUT2D eigenvalue weighted by atomic mass is 14.8. The fourth-order valence-corrected chi connectivity index (χ4v) is 2.21. The number of nitrogens with one attached hydrogen (secondary N) is 1. The quantitative estimate of drug-likeness (QED) is 0.661. The highest BCUT2D eigenvalue weighted by Crippen LogP contribution is 2.22. The van der Waals surface area contributed by atoms with Crippen molar-refractivity contribution in [2.75, 3.05) is 13.1 Å². The van der Waals surface area contributed by atoms with E-state index in [9.17, 15) is 0 Å². The van der Waals surface area contributed by atoms with E-state index in [2.05, 4.69) is 50.4 Å². The maximum Gasteiger partial charge on any atom is 0.00201 e. The molecule has 1 unspecified atom stereocenters. The smallest absolute Gasteiger partial charge is 0.00201 e. The van der Waals surface area contributed by atoms with Gasteiger partial charge in [0.05, 0.1) is 0 Å². The van der Waals surface area contributed by atoms with Crippen molar-refractivity contribution in [3.63, 3.8) is 0 Å². The summed E-state index contributed by atoms with van der Waals surface area (Å²) in [7, 11) is 0. The van der Waals surface area contributed by atoms with Crippen LogP contribution in [0, 0.1) is 6.92 Å². The molecule has 1 aromatic carbocycles. The Bertz CT molecular complexity index is 306. The molecule has 17 heavy (non-hydrogen) atoms. The van der Waals surface area contributed by atoms with Gasteiger partial charge in [-0.1, -0.05) is 56.5 Å². The largest absolute Gasteiger partial charge is 0.316 e. The summed E-state index contributed by atoms with van der Waals surface area (Å²) in [6.45, 7) is 8.93. The minimum atomic E-state index is 0.682. The second-order valence-electron chi connectivity index (χ2n) is 4.96. The maximum absolute atomic E-state index is 3.56. The van der Waals surface area contributed by atoms with Gasteiger partial charge in [-0.15, -0.1) is 0 Å². The second kappa shape index (κ2) is 8.30. The first-order valence-corrected chi connectivity index (χ1v) is 7.05. The molecule has 0 radical (unpaired) electrons. The van der Waals surface area contributed by atoms with E-state index in [0.717, 1.165) is 13.1 Å². The Morgan fingerprint density at radius 2 is 2.00 bits per heavy atom. The molecule has 0 heterocycles. The molecule has 0 aliphatic carbocycles. The van der Waals surface area contributed by atoms with Crippen molar-refractivity contribution in [2.45, 2.75) is 52.4 Å². The van der Waals surface area contributed by atoms with Crippen molar-refractivity contribution in [1.82, 2.24) is 5.32 Å². The summed E-state index contributed by atoms with van der Waals surface area (Å²) in [5.74, 6) is 0.682. The van der Waals surface area contributed by atoms with Crippen molar-refractivity contribution in [3.05, 3.63) is 35.4 Å². The van der Waals surface area contributed by atoms with Gasteiger partial charge in [-0.05, 0) is 37.8 Å². The van der Waals surface area contributed by atoms with Crippen LogP contribution >= 0.6 is 0 Å². The van der Waals surface area contributed by atoms with Gasteiger partial charge in [-0.2, -0.15) is 0 Å². The Morgan fingerprint density at radius 3 is 2.65 bits per heavy atom. The van der Waals surface area contributed by atoms with Crippen LogP contribution in [0.15, 0.2) is 24.3 Å². The van der Waals surface area contributed by atoms with Gasteiger partial charge in [0.2, 0.25) is 0 Å². The number of aryl methyl sites for hydroxylation is 1. The lowest BCUT2D eigenvalue weighted by atomic mass is 9.92. The lowest BCUT2D eigenvalue weighted by Gasteiger charge is -2.18. The molecule has 0 saturated carbocycles. The molecule has 0 aliphatic rings. The maximum atomic E-state index is 3.56. The molecule has 0 aliphatic heterocycles. The zero-order valence-electron chi connectivity index (χ0n) is 11.6. The van der Waals surface area contributed by atoms with E-state index in [0.29, 0.717) is 5.92 Å². The third kappa shape index (κ3) is 5.36. The molecule has 1 nitrogen and oxygen atoms in total. The van der Waals surface area contributed by atoms with Crippen LogP contribution in [0.4, 0.5) is 0 Å². The van der Waals surface area contributed by atoms with Crippen LogP contribution in [0.3, 0.4) is 0 Å². The average molecular weight is 233 g/mol. The van der Waals surface area contributed by atoms with Gasteiger partial charge in [0, 0.05) is 6.54 Å². The number of benzene rings is 1. The molecular formula is C16H27N. The van der Waals surface area contributed by atoms with Gasteiger partial charge in [0.1, 0.15) is 0 Å². The molecule has 1 heteroatoms. The van der Waals surface area contributed by atoms with E-state index < -0.39 is 0 Å². The van der Waals surface area contributed by atoms with Crippen LogP contribution in [-0.2, 0) is 0 Å². The highest BCUT2D eigenvalue weighted by Gasteiger charge is 2.10. The van der Waals surface area contributed by atoms with E-state index in [1.54, 1.807) is 0 Å². The summed E-state index contributed by atoms with van der Waals surface area (Å²) in [5, 5.41) is 3.56. The van der Waals surface area contributed by atoms with Gasteiger partial charge in [-0.25, -0.2) is 0 Å². The summed E-state index contributed by atoms with van der Waals surface area (Å²) in [6.07, 6.45) is 5.13. The van der Waals surface area contributed by atoms with E-state index in [1.807, 2.05) is 0 Å². The topological polar surface area (TPSA) is 12.0 Å². The average Bonchev–Trinajstić information content (AvgIpc) is 2.33. The normalized spacial score (nSPS) is 12.6. The van der Waals surface area contributed by atoms with E-state index in [1.165, 1.54) is 36.8 Å². The molecule has 0 saturated heterocycles. The predicted molar refractivity (Wildman–Crippen MR) is 76.6 cm³/mol. The minimum absolute atomic E-state index is 0.682. The zero-order valence-corrected chi connectivity index (χ0v) is 11.6. The first-order valence-electron chi connectivity index (χ1n) is 7.05. The molecular weight excluding hydrogens is 206 g/mol. The first-order chi connectivity index (χ1) is 8.27. The monoisotopic (exact) mass is 233 g/mol. The molecule has 0 fully saturated rings. The van der Waals surface area contributed by atoms with Crippen LogP contribution < -0.4 is 5.32 Å². The molecule has 1 atom stereocenters. The van der Waals surface area contributed by atoms with Crippen molar-refractivity contribution in [2.24, 2.45) is 0 Å². The molecule has 1 aromatic rings. The Labute approximate surface area is 107 Å². The lowest BCUT2D eigenvalue weighted by Crippen LogP contribution is -2.22. The van der Waals surface area contributed by atoms with Gasteiger partial charge in [0.15, 0.2) is 0 Å². The van der Waals surface area contributed by atoms with Crippen LogP contribution in [0.1, 0.15) is 56.6 Å². The standard InChI is InChI=1S/C16H27N/c1-4-6-9-16(13-17-11-5-2)15-10-7-8-14(3)12-15/h7-8,10,12,16-17H,4-6,9,11,13H2,1-3H3. The Morgan fingerprint density at radius 1 is 1.18 bits per heavy atom. The number of unbranched alkanes of at least 4 members (excludes halogenated alkanes) is 1. The van der Waals surface area contributed by atoms with Crippen LogP contribution in [0.2, 0.25) is 0 Å². The van der Waals surface area contributed by atoms with Crippen LogP contribution in [0.25, 0.3) is 0 Å². The molecule has 0 bridgehead atoms. The summed E-state index contributed by atoms with van der Waals surface area (Å²) in [4.78, 5) is 0. The van der Waals surface area contributed by atoms with Crippen molar-refractivity contribution >= 4 is 0 Å².